The van der Waals surface area contributed by atoms with Gasteiger partial charge in [-0.15, -0.1) is 0 Å². The second-order valence-electron chi connectivity index (χ2n) is 6.66. The van der Waals surface area contributed by atoms with E-state index in [0.29, 0.717) is 37.6 Å². The lowest BCUT2D eigenvalue weighted by atomic mass is 10.1. The van der Waals surface area contributed by atoms with Crippen LogP contribution in [0.25, 0.3) is 0 Å². The molecule has 0 spiro atoms. The minimum absolute atomic E-state index is 0.0466. The van der Waals surface area contributed by atoms with Crippen molar-refractivity contribution in [3.63, 3.8) is 0 Å². The monoisotopic (exact) mass is 367 g/mol. The Balaban J connectivity index is 1.27. The highest BCUT2D eigenvalue weighted by Crippen LogP contribution is 2.37. The van der Waals surface area contributed by atoms with Crippen LogP contribution in [0.2, 0.25) is 0 Å². The summed E-state index contributed by atoms with van der Waals surface area (Å²) in [5, 5.41) is 5.68. The number of fused-ring (bicyclic) bond motifs is 1. The molecule has 7 heteroatoms. The van der Waals surface area contributed by atoms with Gasteiger partial charge >= 0.3 is 6.03 Å². The fourth-order valence-corrected chi connectivity index (χ4v) is 3.30. The van der Waals surface area contributed by atoms with Gasteiger partial charge < -0.3 is 25.0 Å². The summed E-state index contributed by atoms with van der Waals surface area (Å²) in [4.78, 5) is 26.1. The first kappa shape index (κ1) is 17.2. The van der Waals surface area contributed by atoms with E-state index in [2.05, 4.69) is 10.6 Å². The average molecular weight is 367 g/mol. The number of amides is 3. The highest BCUT2D eigenvalue weighted by Gasteiger charge is 2.31. The van der Waals surface area contributed by atoms with E-state index in [9.17, 15) is 9.59 Å². The molecule has 2 aliphatic rings. The smallest absolute Gasteiger partial charge is 0.315 e. The number of urea groups is 1. The van der Waals surface area contributed by atoms with Gasteiger partial charge in [-0.3, -0.25) is 4.79 Å². The third-order valence-electron chi connectivity index (χ3n) is 4.72. The van der Waals surface area contributed by atoms with Crippen LogP contribution in [-0.4, -0.2) is 31.8 Å². The minimum atomic E-state index is -0.229. The number of anilines is 1. The Morgan fingerprint density at radius 1 is 1.07 bits per heavy atom. The van der Waals surface area contributed by atoms with Gasteiger partial charge in [0.15, 0.2) is 11.5 Å². The highest BCUT2D eigenvalue weighted by molar-refractivity contribution is 5.96. The highest BCUT2D eigenvalue weighted by atomic mass is 16.7. The van der Waals surface area contributed by atoms with E-state index in [1.54, 1.807) is 4.90 Å². The molecule has 1 unspecified atom stereocenters. The third-order valence-corrected chi connectivity index (χ3v) is 4.72. The topological polar surface area (TPSA) is 79.9 Å². The van der Waals surface area contributed by atoms with Crippen molar-refractivity contribution in [1.29, 1.82) is 0 Å². The molecule has 3 amide bonds. The normalized spacial score (nSPS) is 17.9. The number of carbonyl (C=O) groups is 2. The Morgan fingerprint density at radius 2 is 1.89 bits per heavy atom. The van der Waals surface area contributed by atoms with E-state index in [1.165, 1.54) is 0 Å². The molecule has 2 aromatic rings. The first-order valence-corrected chi connectivity index (χ1v) is 8.94. The zero-order valence-corrected chi connectivity index (χ0v) is 14.8. The molecule has 2 N–H and O–H groups in total. The number of nitrogens with zero attached hydrogens (tertiary/aromatic N) is 1. The summed E-state index contributed by atoms with van der Waals surface area (Å²) in [7, 11) is 0. The maximum absolute atomic E-state index is 12.4. The van der Waals surface area contributed by atoms with Gasteiger partial charge in [0.05, 0.1) is 0 Å². The summed E-state index contributed by atoms with van der Waals surface area (Å²) in [6.45, 7) is 1.70. The molecule has 1 fully saturated rings. The van der Waals surface area contributed by atoms with Gasteiger partial charge in [0.1, 0.15) is 0 Å². The van der Waals surface area contributed by atoms with Gasteiger partial charge in [-0.05, 0) is 17.7 Å². The fourth-order valence-electron chi connectivity index (χ4n) is 3.30. The van der Waals surface area contributed by atoms with Gasteiger partial charge in [-0.1, -0.05) is 30.3 Å². The lowest BCUT2D eigenvalue weighted by molar-refractivity contribution is -0.117. The lowest BCUT2D eigenvalue weighted by Crippen LogP contribution is -2.38. The van der Waals surface area contributed by atoms with Gasteiger partial charge in [0, 0.05) is 43.7 Å². The van der Waals surface area contributed by atoms with Crippen LogP contribution in [0.15, 0.2) is 48.5 Å². The molecule has 0 aliphatic carbocycles. The van der Waals surface area contributed by atoms with Crippen LogP contribution >= 0.6 is 0 Å². The summed E-state index contributed by atoms with van der Waals surface area (Å²) >= 11 is 0. The van der Waals surface area contributed by atoms with Crippen molar-refractivity contribution in [3.05, 3.63) is 54.1 Å². The Labute approximate surface area is 157 Å². The number of ether oxygens (including phenoxy) is 2. The standard InChI is InChI=1S/C20H21N3O4/c24-19-8-15(11-22-20(25)21-10-14-4-2-1-3-5-14)12-23(19)16-6-7-17-18(9-16)27-13-26-17/h1-7,9,15H,8,10-13H2,(H2,21,22,25). The van der Waals surface area contributed by atoms with Crippen LogP contribution in [0.1, 0.15) is 12.0 Å². The molecular weight excluding hydrogens is 346 g/mol. The second-order valence-corrected chi connectivity index (χ2v) is 6.66. The maximum Gasteiger partial charge on any atom is 0.315 e. The van der Waals surface area contributed by atoms with Crippen molar-refractivity contribution in [2.45, 2.75) is 13.0 Å². The summed E-state index contributed by atoms with van der Waals surface area (Å²) in [6.07, 6.45) is 0.410. The van der Waals surface area contributed by atoms with Crippen molar-refractivity contribution in [2.24, 2.45) is 5.92 Å². The molecule has 2 aliphatic heterocycles. The molecule has 4 rings (SSSR count). The molecule has 0 radical (unpaired) electrons. The quantitative estimate of drug-likeness (QED) is 0.850. The lowest BCUT2D eigenvalue weighted by Gasteiger charge is -2.17. The van der Waals surface area contributed by atoms with Crippen LogP contribution in [0, 0.1) is 5.92 Å². The van der Waals surface area contributed by atoms with Crippen molar-refractivity contribution >= 4 is 17.6 Å². The zero-order chi connectivity index (χ0) is 18.6. The van der Waals surface area contributed by atoms with E-state index in [0.717, 1.165) is 11.3 Å². The Kier molecular flexibility index (Phi) is 4.82. The van der Waals surface area contributed by atoms with Crippen molar-refractivity contribution in [1.82, 2.24) is 10.6 Å². The number of hydrogen-bond donors (Lipinski definition) is 2. The summed E-state index contributed by atoms with van der Waals surface area (Å²) in [6, 6.07) is 15.0. The van der Waals surface area contributed by atoms with Gasteiger partial charge in [-0.25, -0.2) is 4.79 Å². The van der Waals surface area contributed by atoms with E-state index in [-0.39, 0.29) is 24.6 Å². The predicted molar refractivity (Wildman–Crippen MR) is 99.7 cm³/mol. The second kappa shape index (κ2) is 7.57. The van der Waals surface area contributed by atoms with Crippen LogP contribution in [0.3, 0.4) is 0 Å². The van der Waals surface area contributed by atoms with Gasteiger partial charge in [0.25, 0.3) is 0 Å². The van der Waals surface area contributed by atoms with Crippen LogP contribution in [0.5, 0.6) is 11.5 Å². The van der Waals surface area contributed by atoms with Crippen LogP contribution < -0.4 is 25.0 Å². The molecule has 0 aromatic heterocycles. The van der Waals surface area contributed by atoms with E-state index in [4.69, 9.17) is 9.47 Å². The van der Waals surface area contributed by atoms with E-state index < -0.39 is 0 Å². The first-order chi connectivity index (χ1) is 13.2. The minimum Gasteiger partial charge on any atom is -0.454 e. The van der Waals surface area contributed by atoms with Gasteiger partial charge in [-0.2, -0.15) is 0 Å². The first-order valence-electron chi connectivity index (χ1n) is 8.94. The molecule has 7 nitrogen and oxygen atoms in total. The number of hydrogen-bond acceptors (Lipinski definition) is 4. The molecule has 2 heterocycles. The number of rotatable bonds is 5. The zero-order valence-electron chi connectivity index (χ0n) is 14.8. The molecule has 1 atom stereocenters. The van der Waals surface area contributed by atoms with E-state index >= 15 is 0 Å². The number of nitrogens with one attached hydrogen (secondary N) is 2. The molecular formula is C20H21N3O4. The summed E-state index contributed by atoms with van der Waals surface area (Å²) in [5.74, 6) is 1.47. The SMILES string of the molecule is O=C(NCc1ccccc1)NCC1CC(=O)N(c2ccc3c(c2)OCO3)C1. The number of carbonyl (C=O) groups excluding carboxylic acids is 2. The van der Waals surface area contributed by atoms with E-state index in [1.807, 2.05) is 48.5 Å². The molecule has 2 aromatic carbocycles. The molecule has 27 heavy (non-hydrogen) atoms. The summed E-state index contributed by atoms with van der Waals surface area (Å²) in [5.41, 5.74) is 1.83. The largest absolute Gasteiger partial charge is 0.454 e. The predicted octanol–water partition coefficient (Wildman–Crippen LogP) is 2.27. The van der Waals surface area contributed by atoms with Crippen LogP contribution in [-0.2, 0) is 11.3 Å². The van der Waals surface area contributed by atoms with Gasteiger partial charge in [0.2, 0.25) is 12.7 Å². The number of benzene rings is 2. The third kappa shape index (κ3) is 3.97. The molecule has 140 valence electrons. The molecule has 1 saturated heterocycles. The fraction of sp³-hybridized carbons (Fsp3) is 0.300. The summed E-state index contributed by atoms with van der Waals surface area (Å²) < 4.78 is 10.7. The van der Waals surface area contributed by atoms with Crippen molar-refractivity contribution in [3.8, 4) is 11.5 Å². The Morgan fingerprint density at radius 3 is 2.74 bits per heavy atom. The molecule has 0 bridgehead atoms. The maximum atomic E-state index is 12.4. The van der Waals surface area contributed by atoms with Crippen molar-refractivity contribution < 1.29 is 19.1 Å². The van der Waals surface area contributed by atoms with Crippen molar-refractivity contribution in [2.75, 3.05) is 24.8 Å². The average Bonchev–Trinajstić information content (AvgIpc) is 3.31. The Hall–Kier alpha value is -3.22. The molecule has 0 saturated carbocycles. The van der Waals surface area contributed by atoms with Crippen LogP contribution in [0.4, 0.5) is 10.5 Å². The Bertz CT molecular complexity index is 840.